The van der Waals surface area contributed by atoms with Gasteiger partial charge in [0.1, 0.15) is 5.82 Å². The van der Waals surface area contributed by atoms with Crippen LogP contribution in [0.3, 0.4) is 0 Å². The van der Waals surface area contributed by atoms with Gasteiger partial charge in [0, 0.05) is 53.0 Å². The summed E-state index contributed by atoms with van der Waals surface area (Å²) in [6.07, 6.45) is 1.03. The molecule has 4 rings (SSSR count). The third-order valence-electron chi connectivity index (χ3n) is 5.59. The van der Waals surface area contributed by atoms with Crippen LogP contribution >= 0.6 is 11.6 Å². The van der Waals surface area contributed by atoms with E-state index in [1.807, 2.05) is 25.1 Å². The first-order valence-electron chi connectivity index (χ1n) is 9.42. The fourth-order valence-corrected chi connectivity index (χ4v) is 4.16. The monoisotopic (exact) mass is 384 g/mol. The molecule has 0 bridgehead atoms. The van der Waals surface area contributed by atoms with Crippen LogP contribution in [0.15, 0.2) is 30.3 Å². The number of nitrogens with one attached hydrogen (secondary N) is 2. The number of hydrogen-bond donors (Lipinski definition) is 3. The minimum absolute atomic E-state index is 0.0302. The third kappa shape index (κ3) is 3.55. The Morgan fingerprint density at radius 2 is 2.19 bits per heavy atom. The molecular formula is C21H25ClN4O. The predicted octanol–water partition coefficient (Wildman–Crippen LogP) is 4.05. The van der Waals surface area contributed by atoms with E-state index in [4.69, 9.17) is 11.6 Å². The molecule has 3 N–H and O–H groups in total. The zero-order valence-electron chi connectivity index (χ0n) is 15.7. The van der Waals surface area contributed by atoms with Crippen molar-refractivity contribution in [2.45, 2.75) is 32.9 Å². The average Bonchev–Trinajstić information content (AvgIpc) is 3.02. The lowest BCUT2D eigenvalue weighted by molar-refractivity contribution is 0.204. The quantitative estimate of drug-likeness (QED) is 0.621. The highest BCUT2D eigenvalue weighted by molar-refractivity contribution is 6.31. The van der Waals surface area contributed by atoms with Crippen LogP contribution in [0.1, 0.15) is 35.5 Å². The van der Waals surface area contributed by atoms with Gasteiger partial charge in [-0.05, 0) is 55.7 Å². The lowest BCUT2D eigenvalue weighted by Crippen LogP contribution is -2.37. The molecule has 2 aromatic heterocycles. The van der Waals surface area contributed by atoms with Gasteiger partial charge in [-0.3, -0.25) is 4.90 Å². The van der Waals surface area contributed by atoms with Gasteiger partial charge in [0.05, 0.1) is 6.61 Å². The molecule has 1 atom stereocenters. The smallest absolute Gasteiger partial charge is 0.126 e. The molecule has 0 saturated heterocycles. The number of aryl methyl sites for hydroxylation is 1. The van der Waals surface area contributed by atoms with E-state index in [9.17, 15) is 5.11 Å². The number of pyridine rings is 1. The fourth-order valence-electron chi connectivity index (χ4n) is 3.99. The first-order chi connectivity index (χ1) is 13.1. The number of H-pyrrole nitrogens is 1. The van der Waals surface area contributed by atoms with Gasteiger partial charge in [-0.1, -0.05) is 17.7 Å². The average molecular weight is 385 g/mol. The molecule has 3 aromatic rings. The van der Waals surface area contributed by atoms with Crippen molar-refractivity contribution in [2.75, 3.05) is 25.0 Å². The van der Waals surface area contributed by atoms with Gasteiger partial charge in [-0.15, -0.1) is 0 Å². The minimum atomic E-state index is 0.0302. The van der Waals surface area contributed by atoms with Gasteiger partial charge in [-0.2, -0.15) is 0 Å². The van der Waals surface area contributed by atoms with E-state index in [-0.39, 0.29) is 6.61 Å². The summed E-state index contributed by atoms with van der Waals surface area (Å²) in [5, 5.41) is 14.7. The third-order valence-corrected chi connectivity index (χ3v) is 5.82. The van der Waals surface area contributed by atoms with Crippen LogP contribution in [0.2, 0.25) is 5.02 Å². The molecule has 27 heavy (non-hydrogen) atoms. The zero-order valence-corrected chi connectivity index (χ0v) is 16.5. The molecule has 6 heteroatoms. The number of aromatic nitrogens is 2. The van der Waals surface area contributed by atoms with Crippen LogP contribution in [0, 0.1) is 6.92 Å². The maximum absolute atomic E-state index is 9.26. The van der Waals surface area contributed by atoms with Crippen molar-refractivity contribution >= 4 is 28.3 Å². The summed E-state index contributed by atoms with van der Waals surface area (Å²) < 4.78 is 0. The number of benzene rings is 1. The highest BCUT2D eigenvalue weighted by Crippen LogP contribution is 2.35. The number of aliphatic hydroxyl groups excluding tert-OH is 1. The topological polar surface area (TPSA) is 64.2 Å². The minimum Gasteiger partial charge on any atom is -0.392 e. The largest absolute Gasteiger partial charge is 0.392 e. The summed E-state index contributed by atoms with van der Waals surface area (Å²) in [6.45, 7) is 7.02. The van der Waals surface area contributed by atoms with Crippen molar-refractivity contribution in [3.05, 3.63) is 57.9 Å². The van der Waals surface area contributed by atoms with Crippen LogP contribution in [0.25, 0.3) is 10.9 Å². The number of fused-ring (bicyclic) bond motifs is 3. The Morgan fingerprint density at radius 1 is 1.33 bits per heavy atom. The molecule has 1 aromatic carbocycles. The summed E-state index contributed by atoms with van der Waals surface area (Å²) in [5.41, 5.74) is 5.62. The Bertz CT molecular complexity index is 968. The van der Waals surface area contributed by atoms with Crippen molar-refractivity contribution in [1.82, 2.24) is 14.9 Å². The van der Waals surface area contributed by atoms with Crippen LogP contribution < -0.4 is 5.32 Å². The highest BCUT2D eigenvalue weighted by Gasteiger charge is 2.26. The molecule has 1 unspecified atom stereocenters. The molecule has 1 aliphatic heterocycles. The Kier molecular flexibility index (Phi) is 5.08. The van der Waals surface area contributed by atoms with Crippen molar-refractivity contribution < 1.29 is 5.11 Å². The summed E-state index contributed by atoms with van der Waals surface area (Å²) in [7, 11) is 0. The maximum atomic E-state index is 9.26. The van der Waals surface area contributed by atoms with Crippen LogP contribution in [0.5, 0.6) is 0 Å². The number of nitrogens with zero attached hydrogens (tertiary/aromatic N) is 2. The van der Waals surface area contributed by atoms with E-state index in [0.29, 0.717) is 6.04 Å². The van der Waals surface area contributed by atoms with Gasteiger partial charge in [0.2, 0.25) is 0 Å². The first kappa shape index (κ1) is 18.3. The zero-order chi connectivity index (χ0) is 19.0. The number of rotatable bonds is 5. The molecule has 0 spiro atoms. The number of hydrogen-bond acceptors (Lipinski definition) is 4. The van der Waals surface area contributed by atoms with E-state index >= 15 is 0 Å². The highest BCUT2D eigenvalue weighted by atomic mass is 35.5. The van der Waals surface area contributed by atoms with Crippen molar-refractivity contribution in [3.63, 3.8) is 0 Å². The van der Waals surface area contributed by atoms with Crippen LogP contribution in [0.4, 0.5) is 5.82 Å². The second-order valence-corrected chi connectivity index (χ2v) is 7.63. The number of anilines is 1. The lowest BCUT2D eigenvalue weighted by atomic mass is 9.98. The molecule has 142 valence electrons. The number of aromatic amines is 1. The van der Waals surface area contributed by atoms with E-state index < -0.39 is 0 Å². The normalized spacial score (nSPS) is 17.3. The molecular weight excluding hydrogens is 360 g/mol. The predicted molar refractivity (Wildman–Crippen MR) is 110 cm³/mol. The Morgan fingerprint density at radius 3 is 2.96 bits per heavy atom. The number of halogens is 1. The van der Waals surface area contributed by atoms with Gasteiger partial charge >= 0.3 is 0 Å². The summed E-state index contributed by atoms with van der Waals surface area (Å²) in [5.74, 6) is 0.857. The second-order valence-electron chi connectivity index (χ2n) is 7.19. The molecule has 0 saturated carbocycles. The molecule has 0 fully saturated rings. The SMILES string of the molecule is Cc1nc(NCCN2CCc3c([nH]c4ccc(Cl)cc34)C2C)ccc1CO. The Labute approximate surface area is 164 Å². The summed E-state index contributed by atoms with van der Waals surface area (Å²) in [6, 6.07) is 10.3. The molecule has 1 aliphatic rings. The molecule has 0 radical (unpaired) electrons. The lowest BCUT2D eigenvalue weighted by Gasteiger charge is -2.33. The fraction of sp³-hybridized carbons (Fsp3) is 0.381. The second kappa shape index (κ2) is 7.50. The summed E-state index contributed by atoms with van der Waals surface area (Å²) >= 11 is 6.19. The molecule has 3 heterocycles. The summed E-state index contributed by atoms with van der Waals surface area (Å²) in [4.78, 5) is 10.6. The molecule has 0 amide bonds. The number of aliphatic hydroxyl groups is 1. The van der Waals surface area contributed by atoms with Gasteiger partial charge < -0.3 is 15.4 Å². The van der Waals surface area contributed by atoms with E-state index in [2.05, 4.69) is 39.2 Å². The first-order valence-corrected chi connectivity index (χ1v) is 9.80. The standard InChI is InChI=1S/C21H25ClN4O/c1-13-15(12-27)3-6-20(24-13)23-8-10-26-9-7-17-18-11-16(22)4-5-19(18)25-21(17)14(26)2/h3-6,11,14,25,27H,7-10,12H2,1-2H3,(H,23,24). The van der Waals surface area contributed by atoms with E-state index in [0.717, 1.165) is 48.2 Å². The van der Waals surface area contributed by atoms with Crippen LogP contribution in [-0.2, 0) is 13.0 Å². The van der Waals surface area contributed by atoms with E-state index in [1.165, 1.54) is 22.2 Å². The van der Waals surface area contributed by atoms with Gasteiger partial charge in [-0.25, -0.2) is 4.98 Å². The molecule has 5 nitrogen and oxygen atoms in total. The van der Waals surface area contributed by atoms with E-state index in [1.54, 1.807) is 0 Å². The van der Waals surface area contributed by atoms with Crippen molar-refractivity contribution in [3.8, 4) is 0 Å². The van der Waals surface area contributed by atoms with Crippen LogP contribution in [-0.4, -0.2) is 39.6 Å². The van der Waals surface area contributed by atoms with Gasteiger partial charge in [0.25, 0.3) is 0 Å². The van der Waals surface area contributed by atoms with Gasteiger partial charge in [0.15, 0.2) is 0 Å². The maximum Gasteiger partial charge on any atom is 0.126 e. The Hall–Kier alpha value is -2.08. The van der Waals surface area contributed by atoms with Crippen molar-refractivity contribution in [1.29, 1.82) is 0 Å². The molecule has 0 aliphatic carbocycles. The Balaban J connectivity index is 1.42. The van der Waals surface area contributed by atoms with Crippen molar-refractivity contribution in [2.24, 2.45) is 0 Å².